The van der Waals surface area contributed by atoms with Gasteiger partial charge < -0.3 is 16.8 Å². The molecule has 1 unspecified atom stereocenters. The molecule has 0 aliphatic carbocycles. The van der Waals surface area contributed by atoms with Gasteiger partial charge in [-0.2, -0.15) is 0 Å². The second-order valence-electron chi connectivity index (χ2n) is 2.56. The van der Waals surface area contributed by atoms with E-state index < -0.39 is 0 Å². The molecule has 0 aromatic rings. The van der Waals surface area contributed by atoms with Gasteiger partial charge in [0.15, 0.2) is 0 Å². The number of nitrogens with two attached hydrogens (primary N) is 2. The van der Waals surface area contributed by atoms with Crippen molar-refractivity contribution in [3.8, 4) is 0 Å². The van der Waals surface area contributed by atoms with Gasteiger partial charge in [0.05, 0.1) is 0 Å². The Kier molecular flexibility index (Phi) is 4.67. The van der Waals surface area contributed by atoms with Crippen molar-refractivity contribution >= 4 is 0 Å². The van der Waals surface area contributed by atoms with Gasteiger partial charge in [-0.1, -0.05) is 13.8 Å². The Morgan fingerprint density at radius 2 is 2.00 bits per heavy atom. The average molecular weight is 131 g/mol. The van der Waals surface area contributed by atoms with E-state index in [1.807, 2.05) is 0 Å². The van der Waals surface area contributed by atoms with Gasteiger partial charge in [0.1, 0.15) is 0 Å². The fourth-order valence-electron chi connectivity index (χ4n) is 0.470. The van der Waals surface area contributed by atoms with E-state index in [1.165, 1.54) is 0 Å². The summed E-state index contributed by atoms with van der Waals surface area (Å²) in [7, 11) is 0. The summed E-state index contributed by atoms with van der Waals surface area (Å²) in [4.78, 5) is 0. The van der Waals surface area contributed by atoms with Crippen LogP contribution >= 0.6 is 0 Å². The lowest BCUT2D eigenvalue weighted by Gasteiger charge is -2.11. The van der Waals surface area contributed by atoms with Crippen molar-refractivity contribution in [1.29, 1.82) is 0 Å². The van der Waals surface area contributed by atoms with Gasteiger partial charge in [-0.05, 0) is 0 Å². The fraction of sp³-hybridized carbons (Fsp3) is 1.00. The average Bonchev–Trinajstić information content (AvgIpc) is 1.83. The van der Waals surface area contributed by atoms with Crippen LogP contribution in [-0.4, -0.2) is 25.2 Å². The molecule has 56 valence electrons. The van der Waals surface area contributed by atoms with Crippen LogP contribution in [0, 0.1) is 0 Å². The van der Waals surface area contributed by atoms with Crippen LogP contribution in [0.25, 0.3) is 0 Å². The summed E-state index contributed by atoms with van der Waals surface area (Å²) in [5, 5.41) is 3.19. The zero-order valence-electron chi connectivity index (χ0n) is 6.22. The van der Waals surface area contributed by atoms with Crippen molar-refractivity contribution in [1.82, 2.24) is 5.32 Å². The Balaban J connectivity index is 3.06. The van der Waals surface area contributed by atoms with E-state index in [0.717, 1.165) is 6.54 Å². The molecule has 0 fully saturated rings. The van der Waals surface area contributed by atoms with E-state index in [0.29, 0.717) is 12.6 Å². The summed E-state index contributed by atoms with van der Waals surface area (Å²) in [6.07, 6.45) is 0. The lowest BCUT2D eigenvalue weighted by Crippen LogP contribution is -2.41. The van der Waals surface area contributed by atoms with E-state index in [4.69, 9.17) is 11.5 Å². The molecule has 1 atom stereocenters. The van der Waals surface area contributed by atoms with Crippen LogP contribution in [0.5, 0.6) is 0 Å². The van der Waals surface area contributed by atoms with E-state index in [2.05, 4.69) is 19.2 Å². The number of hydrogen-bond acceptors (Lipinski definition) is 3. The molecule has 0 aromatic heterocycles. The van der Waals surface area contributed by atoms with Gasteiger partial charge in [-0.15, -0.1) is 0 Å². The van der Waals surface area contributed by atoms with Gasteiger partial charge in [0, 0.05) is 25.2 Å². The molecule has 0 heterocycles. The number of hydrogen-bond donors (Lipinski definition) is 3. The summed E-state index contributed by atoms with van der Waals surface area (Å²) in [5.74, 6) is 0. The molecule has 5 N–H and O–H groups in total. The molecule has 0 spiro atoms. The quantitative estimate of drug-likeness (QED) is 0.471. The van der Waals surface area contributed by atoms with Crippen LogP contribution < -0.4 is 16.8 Å². The zero-order chi connectivity index (χ0) is 7.28. The van der Waals surface area contributed by atoms with Crippen molar-refractivity contribution in [2.75, 3.05) is 13.1 Å². The van der Waals surface area contributed by atoms with Crippen LogP contribution in [0.2, 0.25) is 0 Å². The molecule has 0 aliphatic rings. The maximum atomic E-state index is 5.53. The maximum Gasteiger partial charge on any atom is 0.0290 e. The SMILES string of the molecule is CC(C)NCC(N)CN. The smallest absolute Gasteiger partial charge is 0.0290 e. The first-order chi connectivity index (χ1) is 4.16. The summed E-state index contributed by atoms with van der Waals surface area (Å²) in [6.45, 7) is 5.54. The zero-order valence-corrected chi connectivity index (χ0v) is 6.22. The molecule has 0 amide bonds. The third-order valence-electron chi connectivity index (χ3n) is 1.09. The monoisotopic (exact) mass is 131 g/mol. The predicted octanol–water partition coefficient (Wildman–Crippen LogP) is -0.730. The highest BCUT2D eigenvalue weighted by Crippen LogP contribution is 1.76. The maximum absolute atomic E-state index is 5.53. The minimum atomic E-state index is 0.104. The molecule has 0 saturated carbocycles. The Bertz CT molecular complexity index is 63.3. The van der Waals surface area contributed by atoms with Crippen molar-refractivity contribution in [2.24, 2.45) is 11.5 Å². The predicted molar refractivity (Wildman–Crippen MR) is 40.2 cm³/mol. The highest BCUT2D eigenvalue weighted by molar-refractivity contribution is 4.65. The Hall–Kier alpha value is -0.120. The minimum Gasteiger partial charge on any atom is -0.329 e. The second-order valence-corrected chi connectivity index (χ2v) is 2.56. The summed E-state index contributed by atoms with van der Waals surface area (Å²) < 4.78 is 0. The Morgan fingerprint density at radius 1 is 1.44 bits per heavy atom. The van der Waals surface area contributed by atoms with Crippen molar-refractivity contribution < 1.29 is 0 Å². The van der Waals surface area contributed by atoms with E-state index in [9.17, 15) is 0 Å². The normalized spacial score (nSPS) is 14.3. The van der Waals surface area contributed by atoms with Crippen molar-refractivity contribution in [3.63, 3.8) is 0 Å². The highest BCUT2D eigenvalue weighted by atomic mass is 14.9. The molecule has 0 saturated heterocycles. The van der Waals surface area contributed by atoms with Crippen LogP contribution in [-0.2, 0) is 0 Å². The Morgan fingerprint density at radius 3 is 2.33 bits per heavy atom. The van der Waals surface area contributed by atoms with Crippen molar-refractivity contribution in [3.05, 3.63) is 0 Å². The van der Waals surface area contributed by atoms with Crippen LogP contribution in [0.3, 0.4) is 0 Å². The summed E-state index contributed by atoms with van der Waals surface area (Å²) in [5.41, 5.74) is 10.8. The first-order valence-corrected chi connectivity index (χ1v) is 3.36. The molecule has 9 heavy (non-hydrogen) atoms. The minimum absolute atomic E-state index is 0.104. The molecule has 0 aliphatic heterocycles. The molecular formula is C6H17N3. The largest absolute Gasteiger partial charge is 0.329 e. The van der Waals surface area contributed by atoms with Crippen molar-refractivity contribution in [2.45, 2.75) is 25.9 Å². The number of nitrogens with one attached hydrogen (secondary N) is 1. The summed E-state index contributed by atoms with van der Waals surface area (Å²) >= 11 is 0. The molecule has 3 nitrogen and oxygen atoms in total. The van der Waals surface area contributed by atoms with Gasteiger partial charge >= 0.3 is 0 Å². The van der Waals surface area contributed by atoms with Gasteiger partial charge in [-0.25, -0.2) is 0 Å². The molecule has 0 radical (unpaired) electrons. The molecule has 0 aromatic carbocycles. The van der Waals surface area contributed by atoms with Crippen LogP contribution in [0.1, 0.15) is 13.8 Å². The summed E-state index contributed by atoms with van der Waals surface area (Å²) in [6, 6.07) is 0.606. The lowest BCUT2D eigenvalue weighted by molar-refractivity contribution is 0.529. The van der Waals surface area contributed by atoms with Gasteiger partial charge in [0.2, 0.25) is 0 Å². The molecule has 0 bridgehead atoms. The van der Waals surface area contributed by atoms with Crippen LogP contribution in [0.4, 0.5) is 0 Å². The second kappa shape index (κ2) is 4.73. The van der Waals surface area contributed by atoms with Crippen LogP contribution in [0.15, 0.2) is 0 Å². The topological polar surface area (TPSA) is 64.1 Å². The third-order valence-corrected chi connectivity index (χ3v) is 1.09. The highest BCUT2D eigenvalue weighted by Gasteiger charge is 1.98. The van der Waals surface area contributed by atoms with E-state index in [1.54, 1.807) is 0 Å². The first-order valence-electron chi connectivity index (χ1n) is 3.36. The van der Waals surface area contributed by atoms with E-state index in [-0.39, 0.29) is 6.04 Å². The van der Waals surface area contributed by atoms with Gasteiger partial charge in [0.25, 0.3) is 0 Å². The Labute approximate surface area is 56.8 Å². The molecule has 3 heteroatoms. The van der Waals surface area contributed by atoms with E-state index >= 15 is 0 Å². The fourth-order valence-corrected chi connectivity index (χ4v) is 0.470. The third kappa shape index (κ3) is 5.76. The first kappa shape index (κ1) is 8.88. The lowest BCUT2D eigenvalue weighted by atomic mass is 10.3. The standard InChI is InChI=1S/C6H17N3/c1-5(2)9-4-6(8)3-7/h5-6,9H,3-4,7-8H2,1-2H3. The molecular weight excluding hydrogens is 114 g/mol. The van der Waals surface area contributed by atoms with Gasteiger partial charge in [-0.3, -0.25) is 0 Å². The number of rotatable bonds is 4. The molecule has 0 rings (SSSR count).